The molecule has 0 aliphatic rings. The van der Waals surface area contributed by atoms with E-state index in [4.69, 9.17) is 11.6 Å². The second kappa shape index (κ2) is 6.54. The maximum atomic E-state index is 13.3. The lowest BCUT2D eigenvalue weighted by Crippen LogP contribution is -2.18. The van der Waals surface area contributed by atoms with E-state index in [1.54, 1.807) is 0 Å². The van der Waals surface area contributed by atoms with E-state index < -0.39 is 16.4 Å². The lowest BCUT2D eigenvalue weighted by molar-refractivity contribution is -0.387. The summed E-state index contributed by atoms with van der Waals surface area (Å²) in [6.45, 7) is 1.95. The van der Waals surface area contributed by atoms with Crippen molar-refractivity contribution < 1.29 is 9.31 Å². The Labute approximate surface area is 126 Å². The topological polar surface area (TPSA) is 55.2 Å². The minimum Gasteiger partial charge on any atom is -0.382 e. The summed E-state index contributed by atoms with van der Waals surface area (Å²) in [7, 11) is 0. The zero-order valence-corrected chi connectivity index (χ0v) is 12.1. The van der Waals surface area contributed by atoms with Gasteiger partial charge in [-0.3, -0.25) is 10.1 Å². The van der Waals surface area contributed by atoms with Crippen LogP contribution in [0.1, 0.15) is 12.5 Å². The summed E-state index contributed by atoms with van der Waals surface area (Å²) < 4.78 is 13.3. The molecule has 0 bridgehead atoms. The molecule has 0 aliphatic carbocycles. The van der Waals surface area contributed by atoms with E-state index in [0.717, 1.165) is 18.1 Å². The van der Waals surface area contributed by atoms with Crippen LogP contribution in [-0.2, 0) is 6.42 Å². The van der Waals surface area contributed by atoms with Gasteiger partial charge in [0.2, 0.25) is 5.82 Å². The van der Waals surface area contributed by atoms with Crippen molar-refractivity contribution in [2.75, 3.05) is 5.32 Å². The molecule has 2 rings (SSSR count). The Hall–Kier alpha value is -2.14. The van der Waals surface area contributed by atoms with E-state index in [1.807, 2.05) is 31.2 Å². The van der Waals surface area contributed by atoms with E-state index in [9.17, 15) is 14.5 Å². The number of anilines is 1. The number of rotatable bonds is 5. The summed E-state index contributed by atoms with van der Waals surface area (Å²) in [6.07, 6.45) is 0.725. The zero-order chi connectivity index (χ0) is 15.4. The Morgan fingerprint density at radius 2 is 1.95 bits per heavy atom. The maximum absolute atomic E-state index is 13.3. The molecule has 1 unspecified atom stereocenters. The van der Waals surface area contributed by atoms with Gasteiger partial charge in [0.1, 0.15) is 0 Å². The number of nitro groups is 1. The summed E-state index contributed by atoms with van der Waals surface area (Å²) >= 11 is 5.82. The minimum absolute atomic E-state index is 0.0382. The molecule has 0 aromatic heterocycles. The van der Waals surface area contributed by atoms with Gasteiger partial charge < -0.3 is 5.32 Å². The average molecular weight is 309 g/mol. The number of hydrogen-bond donors (Lipinski definition) is 1. The standard InChI is InChI=1S/C15H14ClFN2O2/c1-10(8-11-2-4-12(16)5-3-11)18-13-6-7-14(17)15(9-13)19(20)21/h2-7,9-10,18H,8H2,1H3. The molecule has 0 fully saturated rings. The molecular formula is C15H14ClFN2O2. The second-order valence-electron chi connectivity index (χ2n) is 4.80. The Morgan fingerprint density at radius 3 is 2.57 bits per heavy atom. The molecule has 1 N–H and O–H groups in total. The molecule has 4 nitrogen and oxygen atoms in total. The molecule has 1 atom stereocenters. The van der Waals surface area contributed by atoms with Crippen LogP contribution in [-0.4, -0.2) is 11.0 Å². The molecule has 2 aromatic rings. The third-order valence-corrected chi connectivity index (χ3v) is 3.26. The van der Waals surface area contributed by atoms with Crippen LogP contribution in [0.3, 0.4) is 0 Å². The fourth-order valence-electron chi connectivity index (χ4n) is 2.05. The summed E-state index contributed by atoms with van der Waals surface area (Å²) in [5.41, 5.74) is 1.08. The number of benzene rings is 2. The molecule has 0 spiro atoms. The van der Waals surface area contributed by atoms with E-state index in [0.29, 0.717) is 10.7 Å². The molecule has 2 aromatic carbocycles. The van der Waals surface area contributed by atoms with Gasteiger partial charge in [-0.2, -0.15) is 4.39 Å². The fraction of sp³-hybridized carbons (Fsp3) is 0.200. The summed E-state index contributed by atoms with van der Waals surface area (Å²) in [5.74, 6) is -0.837. The van der Waals surface area contributed by atoms with Crippen LogP contribution < -0.4 is 5.32 Å². The molecule has 0 aliphatic heterocycles. The molecule has 110 valence electrons. The van der Waals surface area contributed by atoms with Gasteiger partial charge in [-0.1, -0.05) is 23.7 Å². The molecular weight excluding hydrogens is 295 g/mol. The molecule has 0 heterocycles. The van der Waals surface area contributed by atoms with Crippen molar-refractivity contribution in [2.24, 2.45) is 0 Å². The van der Waals surface area contributed by atoms with Gasteiger partial charge in [-0.15, -0.1) is 0 Å². The third kappa shape index (κ3) is 4.16. The lowest BCUT2D eigenvalue weighted by Gasteiger charge is -2.15. The predicted molar refractivity (Wildman–Crippen MR) is 81.3 cm³/mol. The lowest BCUT2D eigenvalue weighted by atomic mass is 10.1. The molecule has 21 heavy (non-hydrogen) atoms. The summed E-state index contributed by atoms with van der Waals surface area (Å²) in [4.78, 5) is 9.98. The molecule has 0 saturated carbocycles. The van der Waals surface area contributed by atoms with E-state index in [1.165, 1.54) is 12.1 Å². The van der Waals surface area contributed by atoms with Crippen LogP contribution in [0.15, 0.2) is 42.5 Å². The van der Waals surface area contributed by atoms with Crippen LogP contribution in [0.25, 0.3) is 0 Å². The highest BCUT2D eigenvalue weighted by atomic mass is 35.5. The number of nitrogens with one attached hydrogen (secondary N) is 1. The maximum Gasteiger partial charge on any atom is 0.306 e. The van der Waals surface area contributed by atoms with Gasteiger partial charge in [0, 0.05) is 22.8 Å². The number of nitro benzene ring substituents is 1. The second-order valence-corrected chi connectivity index (χ2v) is 5.24. The van der Waals surface area contributed by atoms with Crippen molar-refractivity contribution in [3.63, 3.8) is 0 Å². The van der Waals surface area contributed by atoms with E-state index >= 15 is 0 Å². The molecule has 6 heteroatoms. The quantitative estimate of drug-likeness (QED) is 0.656. The first-order chi connectivity index (χ1) is 9.95. The highest BCUT2D eigenvalue weighted by molar-refractivity contribution is 6.30. The monoisotopic (exact) mass is 308 g/mol. The highest BCUT2D eigenvalue weighted by Gasteiger charge is 2.15. The van der Waals surface area contributed by atoms with Gasteiger partial charge in [0.15, 0.2) is 0 Å². The number of nitrogens with zero attached hydrogens (tertiary/aromatic N) is 1. The van der Waals surface area contributed by atoms with Gasteiger partial charge in [0.05, 0.1) is 4.92 Å². The van der Waals surface area contributed by atoms with Gasteiger partial charge in [-0.05, 0) is 43.2 Å². The number of halogens is 2. The van der Waals surface area contributed by atoms with Crippen molar-refractivity contribution >= 4 is 23.0 Å². The van der Waals surface area contributed by atoms with Crippen LogP contribution in [0.2, 0.25) is 5.02 Å². The largest absolute Gasteiger partial charge is 0.382 e. The van der Waals surface area contributed by atoms with Crippen molar-refractivity contribution in [1.82, 2.24) is 0 Å². The van der Waals surface area contributed by atoms with E-state index in [-0.39, 0.29) is 6.04 Å². The SMILES string of the molecule is CC(Cc1ccc(Cl)cc1)Nc1ccc(F)c([N+](=O)[O-])c1. The molecule has 0 radical (unpaired) electrons. The van der Waals surface area contributed by atoms with Crippen molar-refractivity contribution in [1.29, 1.82) is 0 Å². The predicted octanol–water partition coefficient (Wildman–Crippen LogP) is 4.43. The third-order valence-electron chi connectivity index (χ3n) is 3.01. The van der Waals surface area contributed by atoms with Crippen LogP contribution in [0, 0.1) is 15.9 Å². The van der Waals surface area contributed by atoms with Gasteiger partial charge >= 0.3 is 5.69 Å². The normalized spacial score (nSPS) is 12.0. The highest BCUT2D eigenvalue weighted by Crippen LogP contribution is 2.22. The van der Waals surface area contributed by atoms with Crippen LogP contribution >= 0.6 is 11.6 Å². The number of hydrogen-bond acceptors (Lipinski definition) is 3. The fourth-order valence-corrected chi connectivity index (χ4v) is 2.18. The Morgan fingerprint density at radius 1 is 1.29 bits per heavy atom. The van der Waals surface area contributed by atoms with Gasteiger partial charge in [-0.25, -0.2) is 0 Å². The van der Waals surface area contributed by atoms with Crippen LogP contribution in [0.4, 0.5) is 15.8 Å². The minimum atomic E-state index is -0.837. The van der Waals surface area contributed by atoms with E-state index in [2.05, 4.69) is 5.32 Å². The smallest absolute Gasteiger partial charge is 0.306 e. The van der Waals surface area contributed by atoms with Crippen LogP contribution in [0.5, 0.6) is 0 Å². The molecule has 0 saturated heterocycles. The first-order valence-corrected chi connectivity index (χ1v) is 6.78. The Balaban J connectivity index is 2.05. The Bertz CT molecular complexity index is 647. The molecule has 0 amide bonds. The first kappa shape index (κ1) is 15.3. The summed E-state index contributed by atoms with van der Waals surface area (Å²) in [6, 6.07) is 11.3. The first-order valence-electron chi connectivity index (χ1n) is 6.40. The Kier molecular flexibility index (Phi) is 4.75. The summed E-state index contributed by atoms with van der Waals surface area (Å²) in [5, 5.41) is 14.5. The van der Waals surface area contributed by atoms with Crippen molar-refractivity contribution in [3.8, 4) is 0 Å². The average Bonchev–Trinajstić information content (AvgIpc) is 2.43. The van der Waals surface area contributed by atoms with Crippen molar-refractivity contribution in [2.45, 2.75) is 19.4 Å². The zero-order valence-electron chi connectivity index (χ0n) is 11.3. The van der Waals surface area contributed by atoms with Gasteiger partial charge in [0.25, 0.3) is 0 Å². The van der Waals surface area contributed by atoms with Crippen molar-refractivity contribution in [3.05, 3.63) is 69.0 Å².